The van der Waals surface area contributed by atoms with Crippen molar-refractivity contribution in [1.29, 1.82) is 0 Å². The van der Waals surface area contributed by atoms with Gasteiger partial charge in [-0.05, 0) is 18.9 Å². The molecule has 0 bridgehead atoms. The number of amides is 1. The molecule has 3 rings (SSSR count). The first kappa shape index (κ1) is 10.3. The van der Waals surface area contributed by atoms with E-state index in [-0.39, 0.29) is 29.9 Å². The van der Waals surface area contributed by atoms with Crippen molar-refractivity contribution in [2.75, 3.05) is 0 Å². The molecule has 1 heterocycles. The molecule has 1 aliphatic carbocycles. The largest absolute Gasteiger partial charge is 0.508 e. The summed E-state index contributed by atoms with van der Waals surface area (Å²) in [7, 11) is 0. The number of hydrogen-bond acceptors (Lipinski definition) is 3. The van der Waals surface area contributed by atoms with Gasteiger partial charge in [0.05, 0.1) is 6.42 Å². The number of Topliss-reactive ketones (excluding diaryl/α,β-unsaturated/α-hetero) is 1. The van der Waals surface area contributed by atoms with Crippen LogP contribution >= 0.6 is 0 Å². The molecule has 1 N–H and O–H groups in total. The monoisotopic (exact) mass is 231 g/mol. The van der Waals surface area contributed by atoms with Crippen LogP contribution in [0, 0.1) is 0 Å². The summed E-state index contributed by atoms with van der Waals surface area (Å²) < 4.78 is 0. The minimum absolute atomic E-state index is 0.0322. The maximum atomic E-state index is 11.9. The average Bonchev–Trinajstić information content (AvgIpc) is 3.06. The maximum absolute atomic E-state index is 11.9. The second kappa shape index (κ2) is 3.58. The predicted octanol–water partition coefficient (Wildman–Crippen LogP) is 1.40. The molecule has 0 aromatic heterocycles. The van der Waals surface area contributed by atoms with Crippen molar-refractivity contribution in [3.63, 3.8) is 0 Å². The van der Waals surface area contributed by atoms with Crippen LogP contribution in [0.25, 0.3) is 0 Å². The number of phenols is 1. The van der Waals surface area contributed by atoms with Gasteiger partial charge in [-0.15, -0.1) is 0 Å². The summed E-state index contributed by atoms with van der Waals surface area (Å²) in [5.41, 5.74) is 0.551. The van der Waals surface area contributed by atoms with Gasteiger partial charge in [-0.2, -0.15) is 0 Å². The van der Waals surface area contributed by atoms with Gasteiger partial charge in [-0.25, -0.2) is 0 Å². The lowest BCUT2D eigenvalue weighted by Crippen LogP contribution is -2.31. The summed E-state index contributed by atoms with van der Waals surface area (Å²) in [6.45, 7) is 0. The smallest absolute Gasteiger partial charge is 0.231 e. The molecular formula is C13H13NO3. The minimum atomic E-state index is -0.573. The number of phenolic OH excluding ortho intramolecular Hbond substituents is 1. The molecule has 1 amide bonds. The highest BCUT2D eigenvalue weighted by atomic mass is 16.3. The number of ketones is 1. The molecule has 1 atom stereocenters. The molecule has 1 saturated carbocycles. The van der Waals surface area contributed by atoms with Crippen LogP contribution in [0.15, 0.2) is 24.3 Å². The number of nitrogens with zero attached hydrogens (tertiary/aromatic N) is 1. The van der Waals surface area contributed by atoms with Crippen molar-refractivity contribution in [2.24, 2.45) is 0 Å². The van der Waals surface area contributed by atoms with Gasteiger partial charge >= 0.3 is 0 Å². The Hall–Kier alpha value is -1.84. The predicted molar refractivity (Wildman–Crippen MR) is 60.3 cm³/mol. The van der Waals surface area contributed by atoms with E-state index >= 15 is 0 Å². The number of likely N-dealkylation sites (tertiary alicyclic amines) is 1. The molecule has 1 aliphatic heterocycles. The third-order valence-electron chi connectivity index (χ3n) is 3.37. The molecule has 2 aliphatic rings. The second-order valence-electron chi connectivity index (χ2n) is 4.64. The number of carbonyl (C=O) groups excluding carboxylic acids is 2. The van der Waals surface area contributed by atoms with Gasteiger partial charge in [0.1, 0.15) is 11.8 Å². The third kappa shape index (κ3) is 1.60. The molecule has 1 aromatic carbocycles. The van der Waals surface area contributed by atoms with Crippen LogP contribution in [0.1, 0.15) is 30.9 Å². The van der Waals surface area contributed by atoms with Gasteiger partial charge < -0.3 is 10.0 Å². The van der Waals surface area contributed by atoms with Gasteiger partial charge in [-0.1, -0.05) is 18.2 Å². The SMILES string of the molecule is O=C1CC(=O)N(C2CC2)C1c1ccccc1O. The standard InChI is InChI=1S/C13H13NO3/c15-10-4-2-1-3-9(10)13-11(16)7-12(17)14(13)8-5-6-8/h1-4,8,13,15H,5-7H2. The van der Waals surface area contributed by atoms with E-state index in [9.17, 15) is 14.7 Å². The fraction of sp³-hybridized carbons (Fsp3) is 0.385. The molecule has 0 radical (unpaired) electrons. The highest BCUT2D eigenvalue weighted by Gasteiger charge is 2.47. The molecule has 1 unspecified atom stereocenters. The number of para-hydroxylation sites is 1. The lowest BCUT2D eigenvalue weighted by molar-refractivity contribution is -0.129. The zero-order chi connectivity index (χ0) is 12.0. The van der Waals surface area contributed by atoms with Crippen molar-refractivity contribution < 1.29 is 14.7 Å². The van der Waals surface area contributed by atoms with Crippen molar-refractivity contribution in [3.8, 4) is 5.75 Å². The van der Waals surface area contributed by atoms with Crippen LogP contribution in [-0.2, 0) is 9.59 Å². The van der Waals surface area contributed by atoms with Crippen molar-refractivity contribution >= 4 is 11.7 Å². The van der Waals surface area contributed by atoms with E-state index in [2.05, 4.69) is 0 Å². The number of rotatable bonds is 2. The number of aromatic hydroxyl groups is 1. The Balaban J connectivity index is 2.02. The van der Waals surface area contributed by atoms with Crippen molar-refractivity contribution in [1.82, 2.24) is 4.90 Å². The molecular weight excluding hydrogens is 218 g/mol. The summed E-state index contributed by atoms with van der Waals surface area (Å²) in [5, 5.41) is 9.80. The van der Waals surface area contributed by atoms with E-state index in [4.69, 9.17) is 0 Å². The highest BCUT2D eigenvalue weighted by molar-refractivity contribution is 6.08. The van der Waals surface area contributed by atoms with Gasteiger partial charge in [-0.3, -0.25) is 9.59 Å². The van der Waals surface area contributed by atoms with E-state index in [1.807, 2.05) is 0 Å². The molecule has 17 heavy (non-hydrogen) atoms. The lowest BCUT2D eigenvalue weighted by atomic mass is 10.0. The first-order valence-corrected chi connectivity index (χ1v) is 5.80. The summed E-state index contributed by atoms with van der Waals surface area (Å²) in [6.07, 6.45) is 1.89. The highest BCUT2D eigenvalue weighted by Crippen LogP contribution is 2.41. The quantitative estimate of drug-likeness (QED) is 0.783. The molecule has 4 heteroatoms. The Morgan fingerprint density at radius 3 is 2.53 bits per heavy atom. The Labute approximate surface area is 98.9 Å². The molecule has 1 aromatic rings. The molecule has 1 saturated heterocycles. The topological polar surface area (TPSA) is 57.6 Å². The first-order chi connectivity index (χ1) is 8.18. The van der Waals surface area contributed by atoms with E-state index in [1.165, 1.54) is 0 Å². The Kier molecular flexibility index (Phi) is 2.18. The van der Waals surface area contributed by atoms with Crippen LogP contribution in [0.2, 0.25) is 0 Å². The minimum Gasteiger partial charge on any atom is -0.508 e. The van der Waals surface area contributed by atoms with Gasteiger partial charge in [0.15, 0.2) is 5.78 Å². The van der Waals surface area contributed by atoms with E-state index < -0.39 is 6.04 Å². The van der Waals surface area contributed by atoms with Gasteiger partial charge in [0.2, 0.25) is 5.91 Å². The van der Waals surface area contributed by atoms with Crippen LogP contribution in [0.4, 0.5) is 0 Å². The normalized spacial score (nSPS) is 24.5. The van der Waals surface area contributed by atoms with E-state index in [0.717, 1.165) is 12.8 Å². The van der Waals surface area contributed by atoms with Crippen LogP contribution in [0.3, 0.4) is 0 Å². The zero-order valence-electron chi connectivity index (χ0n) is 9.30. The van der Waals surface area contributed by atoms with Gasteiger partial charge in [0, 0.05) is 11.6 Å². The number of carbonyl (C=O) groups is 2. The maximum Gasteiger partial charge on any atom is 0.231 e. The first-order valence-electron chi connectivity index (χ1n) is 5.80. The zero-order valence-corrected chi connectivity index (χ0v) is 9.30. The second-order valence-corrected chi connectivity index (χ2v) is 4.64. The van der Waals surface area contributed by atoms with Crippen molar-refractivity contribution in [3.05, 3.63) is 29.8 Å². The fourth-order valence-corrected chi connectivity index (χ4v) is 2.45. The average molecular weight is 231 g/mol. The Morgan fingerprint density at radius 1 is 1.18 bits per heavy atom. The van der Waals surface area contributed by atoms with Crippen LogP contribution in [-0.4, -0.2) is 27.7 Å². The summed E-state index contributed by atoms with van der Waals surface area (Å²) in [4.78, 5) is 25.3. The Bertz CT molecular complexity index is 493. The lowest BCUT2D eigenvalue weighted by Gasteiger charge is -2.24. The molecule has 2 fully saturated rings. The molecule has 4 nitrogen and oxygen atoms in total. The summed E-state index contributed by atoms with van der Waals surface area (Å²) in [6, 6.07) is 6.37. The van der Waals surface area contributed by atoms with Crippen LogP contribution < -0.4 is 0 Å². The summed E-state index contributed by atoms with van der Waals surface area (Å²) >= 11 is 0. The van der Waals surface area contributed by atoms with Crippen molar-refractivity contribution in [2.45, 2.75) is 31.3 Å². The summed E-state index contributed by atoms with van der Waals surface area (Å²) in [5.74, 6) is -0.125. The fourth-order valence-electron chi connectivity index (χ4n) is 2.45. The van der Waals surface area contributed by atoms with E-state index in [1.54, 1.807) is 29.2 Å². The molecule has 88 valence electrons. The van der Waals surface area contributed by atoms with Crippen LogP contribution in [0.5, 0.6) is 5.75 Å². The van der Waals surface area contributed by atoms with E-state index in [0.29, 0.717) is 5.56 Å². The van der Waals surface area contributed by atoms with Gasteiger partial charge in [0.25, 0.3) is 0 Å². The Morgan fingerprint density at radius 2 is 1.88 bits per heavy atom. The number of hydrogen-bond donors (Lipinski definition) is 1. The number of benzene rings is 1. The third-order valence-corrected chi connectivity index (χ3v) is 3.37. The molecule has 0 spiro atoms.